The zero-order chi connectivity index (χ0) is 24.4. The van der Waals surface area contributed by atoms with E-state index in [1.165, 1.54) is 18.6 Å². The van der Waals surface area contributed by atoms with Crippen LogP contribution in [0.1, 0.15) is 63.4 Å². The third-order valence-corrected chi connectivity index (χ3v) is 5.19. The maximum Gasteiger partial charge on any atom is 0.252 e. The van der Waals surface area contributed by atoms with Crippen LogP contribution in [0.5, 0.6) is 0 Å². The summed E-state index contributed by atoms with van der Waals surface area (Å²) in [6.45, 7) is 11.9. The van der Waals surface area contributed by atoms with Crippen molar-refractivity contribution in [1.82, 2.24) is 20.1 Å². The van der Waals surface area contributed by atoms with Crippen LogP contribution in [0.15, 0.2) is 66.1 Å². The van der Waals surface area contributed by atoms with Crippen molar-refractivity contribution >= 4 is 33.5 Å². The van der Waals surface area contributed by atoms with Crippen LogP contribution in [0.2, 0.25) is 0 Å². The van der Waals surface area contributed by atoms with Gasteiger partial charge in [0.05, 0.1) is 23.6 Å². The highest BCUT2D eigenvalue weighted by atomic mass is 79.9. The van der Waals surface area contributed by atoms with E-state index >= 15 is 0 Å². The number of allylic oxidation sites excluding steroid dienone is 1. The maximum atomic E-state index is 13.3. The van der Waals surface area contributed by atoms with E-state index in [0.717, 1.165) is 12.0 Å². The van der Waals surface area contributed by atoms with Crippen LogP contribution in [0.25, 0.3) is 17.3 Å². The van der Waals surface area contributed by atoms with Crippen molar-refractivity contribution in [2.75, 3.05) is 0 Å². The lowest BCUT2D eigenvalue weighted by Crippen LogP contribution is -2.29. The molecule has 3 aromatic rings. The number of amides is 1. The molecule has 1 amide bonds. The highest BCUT2D eigenvalue weighted by Crippen LogP contribution is 2.26. The average Bonchev–Trinajstić information content (AvgIpc) is 3.22. The van der Waals surface area contributed by atoms with Gasteiger partial charge in [0.2, 0.25) is 0 Å². The number of carbonyl (C=O) groups excluding carboxylic acids is 1. The number of benzene rings is 1. The number of aromatic nitrogens is 3. The molecular formula is C26H30BrFN4O. The minimum absolute atomic E-state index is 0.161. The van der Waals surface area contributed by atoms with E-state index in [1.54, 1.807) is 48.3 Å². The van der Waals surface area contributed by atoms with Gasteiger partial charge in [-0.3, -0.25) is 4.79 Å². The molecule has 0 saturated carbocycles. The molecule has 7 heteroatoms. The first-order valence-electron chi connectivity index (χ1n) is 10.9. The molecule has 1 unspecified atom stereocenters. The number of nitrogens with zero attached hydrogens (tertiary/aromatic N) is 3. The second kappa shape index (κ2) is 12.8. The molecule has 0 aliphatic heterocycles. The molecule has 0 aliphatic carbocycles. The Bertz CT molecular complexity index is 1110. The topological polar surface area (TPSA) is 59.8 Å². The van der Waals surface area contributed by atoms with Gasteiger partial charge in [-0.25, -0.2) is 14.1 Å². The Labute approximate surface area is 203 Å². The average molecular weight is 513 g/mol. The molecule has 0 spiro atoms. The van der Waals surface area contributed by atoms with Gasteiger partial charge in [0.1, 0.15) is 10.4 Å². The van der Waals surface area contributed by atoms with Gasteiger partial charge in [0.25, 0.3) is 5.91 Å². The van der Waals surface area contributed by atoms with Crippen molar-refractivity contribution in [2.24, 2.45) is 0 Å². The number of hydrogen-bond acceptors (Lipinski definition) is 3. The molecule has 5 nitrogen and oxygen atoms in total. The first-order chi connectivity index (χ1) is 15.9. The van der Waals surface area contributed by atoms with Crippen LogP contribution >= 0.6 is 15.9 Å². The van der Waals surface area contributed by atoms with E-state index in [-0.39, 0.29) is 17.8 Å². The quantitative estimate of drug-likeness (QED) is 0.276. The monoisotopic (exact) mass is 512 g/mol. The highest BCUT2D eigenvalue weighted by Gasteiger charge is 2.21. The second-order valence-corrected chi connectivity index (χ2v) is 8.10. The lowest BCUT2D eigenvalue weighted by Gasteiger charge is -2.19. The lowest BCUT2D eigenvalue weighted by atomic mass is 10.0. The van der Waals surface area contributed by atoms with Crippen molar-refractivity contribution < 1.29 is 9.18 Å². The van der Waals surface area contributed by atoms with Crippen LogP contribution in [0, 0.1) is 5.82 Å². The number of nitrogens with one attached hydrogen (secondary N) is 1. The van der Waals surface area contributed by atoms with E-state index < -0.39 is 0 Å². The Hall–Kier alpha value is -3.06. The van der Waals surface area contributed by atoms with Crippen LogP contribution in [0.4, 0.5) is 4.39 Å². The molecule has 3 rings (SSSR count). The molecule has 0 fully saturated rings. The van der Waals surface area contributed by atoms with Gasteiger partial charge < -0.3 is 5.32 Å². The predicted octanol–water partition coefficient (Wildman–Crippen LogP) is 6.90. The molecule has 2 heterocycles. The van der Waals surface area contributed by atoms with Crippen LogP contribution < -0.4 is 5.32 Å². The molecule has 0 aliphatic rings. The summed E-state index contributed by atoms with van der Waals surface area (Å²) >= 11 is 3.37. The second-order valence-electron chi connectivity index (χ2n) is 7.29. The number of rotatable bonds is 7. The van der Waals surface area contributed by atoms with E-state index in [1.807, 2.05) is 19.1 Å². The Kier molecular flexibility index (Phi) is 10.2. The number of halogens is 2. The van der Waals surface area contributed by atoms with Crippen LogP contribution in [-0.2, 0) is 4.79 Å². The van der Waals surface area contributed by atoms with Crippen molar-refractivity contribution in [3.63, 3.8) is 0 Å². The third-order valence-electron chi connectivity index (χ3n) is 4.76. The van der Waals surface area contributed by atoms with Gasteiger partial charge in [0.15, 0.2) is 0 Å². The summed E-state index contributed by atoms with van der Waals surface area (Å²) in [6, 6.07) is 9.61. The summed E-state index contributed by atoms with van der Waals surface area (Å²) in [5.41, 5.74) is 3.45. The summed E-state index contributed by atoms with van der Waals surface area (Å²) in [5.74, 6) is -0.535. The molecule has 174 valence electrons. The summed E-state index contributed by atoms with van der Waals surface area (Å²) in [4.78, 5) is 17.3. The zero-order valence-corrected chi connectivity index (χ0v) is 21.1. The molecular weight excluding hydrogens is 483 g/mol. The predicted molar refractivity (Wildman–Crippen MR) is 136 cm³/mol. The first kappa shape index (κ1) is 26.2. The molecule has 1 atom stereocenters. The maximum absolute atomic E-state index is 13.3. The van der Waals surface area contributed by atoms with Gasteiger partial charge in [-0.05, 0) is 77.3 Å². The first-order valence-corrected chi connectivity index (χ1v) is 11.7. The minimum atomic E-state index is -0.326. The molecule has 0 radical (unpaired) electrons. The summed E-state index contributed by atoms with van der Waals surface area (Å²) in [6.07, 6.45) is 8.69. The largest absolute Gasteiger partial charge is 0.345 e. The molecule has 0 bridgehead atoms. The summed E-state index contributed by atoms with van der Waals surface area (Å²) < 4.78 is 15.6. The Morgan fingerprint density at radius 3 is 2.45 bits per heavy atom. The Balaban J connectivity index is 0.00000122. The van der Waals surface area contributed by atoms with Crippen molar-refractivity contribution in [1.29, 1.82) is 0 Å². The fourth-order valence-electron chi connectivity index (χ4n) is 3.25. The fraction of sp³-hybridized carbons (Fsp3) is 0.269. The minimum Gasteiger partial charge on any atom is -0.345 e. The smallest absolute Gasteiger partial charge is 0.252 e. The van der Waals surface area contributed by atoms with E-state index in [2.05, 4.69) is 51.8 Å². The normalized spacial score (nSPS) is 11.9. The number of hydrogen-bond donors (Lipinski definition) is 1. The molecule has 2 aromatic heterocycles. The van der Waals surface area contributed by atoms with Gasteiger partial charge in [-0.2, -0.15) is 5.10 Å². The molecule has 1 N–H and O–H groups in total. The van der Waals surface area contributed by atoms with Gasteiger partial charge >= 0.3 is 0 Å². The summed E-state index contributed by atoms with van der Waals surface area (Å²) in [7, 11) is 0. The zero-order valence-electron chi connectivity index (χ0n) is 19.5. The van der Waals surface area contributed by atoms with Crippen molar-refractivity contribution in [3.8, 4) is 5.69 Å². The van der Waals surface area contributed by atoms with Gasteiger partial charge in [-0.1, -0.05) is 39.8 Å². The van der Waals surface area contributed by atoms with Crippen molar-refractivity contribution in [2.45, 2.75) is 46.6 Å². The number of pyridine rings is 1. The lowest BCUT2D eigenvalue weighted by molar-refractivity contribution is -0.116. The van der Waals surface area contributed by atoms with E-state index in [9.17, 15) is 9.18 Å². The van der Waals surface area contributed by atoms with Crippen LogP contribution in [-0.4, -0.2) is 20.7 Å². The van der Waals surface area contributed by atoms with E-state index in [4.69, 9.17) is 0 Å². The molecule has 1 aromatic carbocycles. The third kappa shape index (κ3) is 6.71. The Morgan fingerprint density at radius 1 is 1.24 bits per heavy atom. The highest BCUT2D eigenvalue weighted by molar-refractivity contribution is 9.10. The molecule has 0 saturated heterocycles. The van der Waals surface area contributed by atoms with Gasteiger partial charge in [0, 0.05) is 17.3 Å². The SMILES string of the molecule is C=Cc1c(/C(=C\C)C(=O)NC(CC)c2ccnc(Br)c2)cnn1-c1ccc(F)cc1.CCC. The van der Waals surface area contributed by atoms with Gasteiger partial charge in [-0.15, -0.1) is 0 Å². The van der Waals surface area contributed by atoms with Crippen LogP contribution in [0.3, 0.4) is 0 Å². The standard InChI is InChI=1S/C23H22BrFN4O.C3H8/c1-4-18(23(30)28-20(5-2)15-11-12-26-22(24)13-15)19-14-27-29(21(19)6-3)17-9-7-16(25)8-10-17;1-3-2/h4,6-14,20H,3,5H2,1-2H3,(H,28,30);3H2,1-2H3/b18-4+;. The van der Waals surface area contributed by atoms with E-state index in [0.29, 0.717) is 27.1 Å². The number of carbonyl (C=O) groups is 1. The molecule has 33 heavy (non-hydrogen) atoms. The fourth-order valence-corrected chi connectivity index (χ4v) is 3.63. The Morgan fingerprint density at radius 2 is 1.91 bits per heavy atom. The summed E-state index contributed by atoms with van der Waals surface area (Å²) in [5, 5.41) is 7.49. The van der Waals surface area contributed by atoms with Crippen molar-refractivity contribution in [3.05, 3.63) is 88.7 Å².